The molecular weight excluding hydrogens is 210 g/mol. The maximum atomic E-state index is 4.30. The zero-order chi connectivity index (χ0) is 12.5. The Hall–Kier alpha value is -1.77. The molecule has 2 rings (SSSR count). The van der Waals surface area contributed by atoms with Crippen LogP contribution < -0.4 is 5.32 Å². The van der Waals surface area contributed by atoms with E-state index in [1.165, 1.54) is 5.56 Å². The molecule has 0 saturated heterocycles. The molecule has 0 saturated carbocycles. The van der Waals surface area contributed by atoms with Gasteiger partial charge in [0.2, 0.25) is 0 Å². The van der Waals surface area contributed by atoms with E-state index >= 15 is 0 Å². The van der Waals surface area contributed by atoms with Gasteiger partial charge in [-0.25, -0.2) is 4.68 Å². The van der Waals surface area contributed by atoms with E-state index < -0.39 is 0 Å². The molecule has 0 fully saturated rings. The van der Waals surface area contributed by atoms with Gasteiger partial charge in [-0.2, -0.15) is 5.10 Å². The summed E-state index contributed by atoms with van der Waals surface area (Å²) in [5, 5.41) is 7.37. The number of hydrogen-bond donors (Lipinski definition) is 1. The summed E-state index contributed by atoms with van der Waals surface area (Å²) in [7, 11) is 1.89. The van der Waals surface area contributed by atoms with Crippen LogP contribution in [-0.2, 0) is 5.41 Å². The van der Waals surface area contributed by atoms with Crippen LogP contribution in [0.25, 0.3) is 5.69 Å². The number of nitrogens with one attached hydrogen (secondary N) is 1. The van der Waals surface area contributed by atoms with Gasteiger partial charge in [0, 0.05) is 7.05 Å². The third-order valence-electron chi connectivity index (χ3n) is 2.87. The summed E-state index contributed by atoms with van der Waals surface area (Å²) >= 11 is 0. The van der Waals surface area contributed by atoms with Gasteiger partial charge in [0.25, 0.3) is 0 Å². The number of rotatable bonds is 2. The molecule has 0 aliphatic carbocycles. The Labute approximate surface area is 102 Å². The van der Waals surface area contributed by atoms with Crippen LogP contribution >= 0.6 is 0 Å². The van der Waals surface area contributed by atoms with Gasteiger partial charge in [-0.1, -0.05) is 32.9 Å². The van der Waals surface area contributed by atoms with Gasteiger partial charge >= 0.3 is 0 Å². The highest BCUT2D eigenvalue weighted by atomic mass is 15.3. The molecule has 0 aliphatic rings. The minimum atomic E-state index is 0.193. The lowest BCUT2D eigenvalue weighted by atomic mass is 9.87. The molecule has 1 heterocycles. The Kier molecular flexibility index (Phi) is 2.92. The molecule has 0 unspecified atom stereocenters. The first kappa shape index (κ1) is 11.7. The third-order valence-corrected chi connectivity index (χ3v) is 2.87. The lowest BCUT2D eigenvalue weighted by Crippen LogP contribution is -2.10. The van der Waals surface area contributed by atoms with Crippen molar-refractivity contribution in [3.63, 3.8) is 0 Å². The standard InChI is InChI=1S/C14H19N3/c1-14(2,3)11-5-7-13(8-6-11)17-10-12(15-4)9-16-17/h5-10,15H,1-4H3. The summed E-state index contributed by atoms with van der Waals surface area (Å²) in [6.45, 7) is 6.65. The van der Waals surface area contributed by atoms with E-state index in [9.17, 15) is 0 Å². The molecule has 1 N–H and O–H groups in total. The minimum absolute atomic E-state index is 0.193. The van der Waals surface area contributed by atoms with Crippen molar-refractivity contribution >= 4 is 5.69 Å². The van der Waals surface area contributed by atoms with Crippen LogP contribution in [0.4, 0.5) is 5.69 Å². The fourth-order valence-corrected chi connectivity index (χ4v) is 1.71. The molecular formula is C14H19N3. The molecule has 0 atom stereocenters. The fraction of sp³-hybridized carbons (Fsp3) is 0.357. The Bertz CT molecular complexity index is 489. The summed E-state index contributed by atoms with van der Waals surface area (Å²) < 4.78 is 1.87. The second-order valence-electron chi connectivity index (χ2n) is 5.22. The largest absolute Gasteiger partial charge is 0.386 e. The number of anilines is 1. The quantitative estimate of drug-likeness (QED) is 0.857. The molecule has 90 valence electrons. The average molecular weight is 229 g/mol. The molecule has 0 radical (unpaired) electrons. The summed E-state index contributed by atoms with van der Waals surface area (Å²) in [5.41, 5.74) is 3.63. The molecule has 0 bridgehead atoms. The maximum absolute atomic E-state index is 4.30. The van der Waals surface area contributed by atoms with Crippen LogP contribution in [-0.4, -0.2) is 16.8 Å². The van der Waals surface area contributed by atoms with Gasteiger partial charge in [-0.05, 0) is 23.1 Å². The topological polar surface area (TPSA) is 29.9 Å². The van der Waals surface area contributed by atoms with Crippen molar-refractivity contribution in [3.8, 4) is 5.69 Å². The Balaban J connectivity index is 2.29. The predicted octanol–water partition coefficient (Wildman–Crippen LogP) is 3.21. The molecule has 0 spiro atoms. The summed E-state index contributed by atoms with van der Waals surface area (Å²) in [6.07, 6.45) is 3.80. The van der Waals surface area contributed by atoms with Crippen LogP contribution in [0.15, 0.2) is 36.7 Å². The average Bonchev–Trinajstić information content (AvgIpc) is 2.76. The van der Waals surface area contributed by atoms with Gasteiger partial charge in [0.05, 0.1) is 23.8 Å². The third kappa shape index (κ3) is 2.49. The SMILES string of the molecule is CNc1cnn(-c2ccc(C(C)(C)C)cc2)c1. The van der Waals surface area contributed by atoms with Crippen LogP contribution in [0.2, 0.25) is 0 Å². The maximum Gasteiger partial charge on any atom is 0.0728 e. The van der Waals surface area contributed by atoms with E-state index in [1.807, 2.05) is 24.1 Å². The van der Waals surface area contributed by atoms with E-state index in [2.05, 4.69) is 55.5 Å². The van der Waals surface area contributed by atoms with Crippen LogP contribution in [0.5, 0.6) is 0 Å². The first-order chi connectivity index (χ1) is 8.00. The van der Waals surface area contributed by atoms with Crippen molar-refractivity contribution in [2.45, 2.75) is 26.2 Å². The van der Waals surface area contributed by atoms with E-state index in [1.54, 1.807) is 0 Å². The van der Waals surface area contributed by atoms with Crippen molar-refractivity contribution in [1.82, 2.24) is 9.78 Å². The van der Waals surface area contributed by atoms with E-state index in [4.69, 9.17) is 0 Å². The molecule has 1 aromatic carbocycles. The molecule has 2 aromatic rings. The lowest BCUT2D eigenvalue weighted by molar-refractivity contribution is 0.590. The van der Waals surface area contributed by atoms with E-state index in [-0.39, 0.29) is 5.41 Å². The zero-order valence-corrected chi connectivity index (χ0v) is 10.9. The minimum Gasteiger partial charge on any atom is -0.386 e. The van der Waals surface area contributed by atoms with Crippen LogP contribution in [0, 0.1) is 0 Å². The Morgan fingerprint density at radius 1 is 1.12 bits per heavy atom. The highest BCUT2D eigenvalue weighted by molar-refractivity contribution is 5.42. The van der Waals surface area contributed by atoms with Crippen molar-refractivity contribution in [3.05, 3.63) is 42.2 Å². The van der Waals surface area contributed by atoms with Gasteiger partial charge in [0.15, 0.2) is 0 Å². The molecule has 3 nitrogen and oxygen atoms in total. The van der Waals surface area contributed by atoms with Gasteiger partial charge in [0.1, 0.15) is 0 Å². The van der Waals surface area contributed by atoms with Crippen molar-refractivity contribution in [1.29, 1.82) is 0 Å². The first-order valence-corrected chi connectivity index (χ1v) is 5.84. The number of benzene rings is 1. The first-order valence-electron chi connectivity index (χ1n) is 5.84. The molecule has 3 heteroatoms. The normalized spacial score (nSPS) is 11.5. The number of hydrogen-bond acceptors (Lipinski definition) is 2. The number of nitrogens with zero attached hydrogens (tertiary/aromatic N) is 2. The molecule has 0 aliphatic heterocycles. The van der Waals surface area contributed by atoms with E-state index in [0.717, 1.165) is 11.4 Å². The second kappa shape index (κ2) is 4.24. The van der Waals surface area contributed by atoms with Crippen LogP contribution in [0.3, 0.4) is 0 Å². The molecule has 0 amide bonds. The fourth-order valence-electron chi connectivity index (χ4n) is 1.71. The predicted molar refractivity (Wildman–Crippen MR) is 71.8 cm³/mol. The lowest BCUT2D eigenvalue weighted by Gasteiger charge is -2.19. The smallest absolute Gasteiger partial charge is 0.0728 e. The summed E-state index contributed by atoms with van der Waals surface area (Å²) in [5.74, 6) is 0. The Morgan fingerprint density at radius 2 is 1.76 bits per heavy atom. The monoisotopic (exact) mass is 229 g/mol. The van der Waals surface area contributed by atoms with Crippen LogP contribution in [0.1, 0.15) is 26.3 Å². The molecule has 1 aromatic heterocycles. The summed E-state index contributed by atoms with van der Waals surface area (Å²) in [4.78, 5) is 0. The van der Waals surface area contributed by atoms with Gasteiger partial charge < -0.3 is 5.32 Å². The highest BCUT2D eigenvalue weighted by Crippen LogP contribution is 2.23. The number of aromatic nitrogens is 2. The van der Waals surface area contributed by atoms with Gasteiger partial charge in [-0.3, -0.25) is 0 Å². The second-order valence-corrected chi connectivity index (χ2v) is 5.22. The van der Waals surface area contributed by atoms with E-state index in [0.29, 0.717) is 0 Å². The molecule has 17 heavy (non-hydrogen) atoms. The zero-order valence-electron chi connectivity index (χ0n) is 10.9. The van der Waals surface area contributed by atoms with Crippen molar-refractivity contribution < 1.29 is 0 Å². The summed E-state index contributed by atoms with van der Waals surface area (Å²) in [6, 6.07) is 8.53. The highest BCUT2D eigenvalue weighted by Gasteiger charge is 2.13. The van der Waals surface area contributed by atoms with Crippen molar-refractivity contribution in [2.75, 3.05) is 12.4 Å². The van der Waals surface area contributed by atoms with Crippen molar-refractivity contribution in [2.24, 2.45) is 0 Å². The Morgan fingerprint density at radius 3 is 2.24 bits per heavy atom. The van der Waals surface area contributed by atoms with Gasteiger partial charge in [-0.15, -0.1) is 0 Å².